The molecule has 0 bridgehead atoms. The van der Waals surface area contributed by atoms with Gasteiger partial charge in [-0.1, -0.05) is 18.6 Å². The molecule has 0 saturated carbocycles. The highest BCUT2D eigenvalue weighted by Crippen LogP contribution is 2.28. The van der Waals surface area contributed by atoms with Crippen LogP contribution >= 0.6 is 0 Å². The number of fused-ring (bicyclic) bond motifs is 1. The highest BCUT2D eigenvalue weighted by Gasteiger charge is 2.22. The van der Waals surface area contributed by atoms with E-state index >= 15 is 0 Å². The third-order valence-electron chi connectivity index (χ3n) is 6.10. The van der Waals surface area contributed by atoms with Crippen molar-refractivity contribution in [3.05, 3.63) is 54.1 Å². The molecule has 1 atom stereocenters. The van der Waals surface area contributed by atoms with Crippen LogP contribution in [0.15, 0.2) is 53.2 Å². The lowest BCUT2D eigenvalue weighted by Crippen LogP contribution is -2.35. The summed E-state index contributed by atoms with van der Waals surface area (Å²) in [5.74, 6) is 0.522. The first kappa shape index (κ1) is 26.9. The first-order chi connectivity index (χ1) is 18.5. The quantitative estimate of drug-likeness (QED) is 0.122. The number of Topliss-reactive ketones (excluding diaryl/α,β-unsaturated/α-hetero) is 1. The number of hydrogen-bond donors (Lipinski definition) is 5. The molecular formula is C26H33N9O3. The van der Waals surface area contributed by atoms with E-state index in [0.29, 0.717) is 48.1 Å². The van der Waals surface area contributed by atoms with Crippen LogP contribution in [0.5, 0.6) is 0 Å². The summed E-state index contributed by atoms with van der Waals surface area (Å²) >= 11 is 0. The van der Waals surface area contributed by atoms with Gasteiger partial charge >= 0.3 is 0 Å². The van der Waals surface area contributed by atoms with E-state index in [2.05, 4.69) is 26.3 Å². The van der Waals surface area contributed by atoms with Crippen molar-refractivity contribution in [2.75, 3.05) is 37.3 Å². The van der Waals surface area contributed by atoms with E-state index in [4.69, 9.17) is 21.1 Å². The van der Waals surface area contributed by atoms with Crippen LogP contribution in [0.1, 0.15) is 29.6 Å². The maximum absolute atomic E-state index is 13.3. The number of carbonyl (C=O) groups is 2. The van der Waals surface area contributed by atoms with Crippen LogP contribution in [0.3, 0.4) is 0 Å². The monoisotopic (exact) mass is 519 g/mol. The highest BCUT2D eigenvalue weighted by molar-refractivity contribution is 5.99. The molecule has 2 aromatic heterocycles. The molecule has 7 N–H and O–H groups in total. The Morgan fingerprint density at radius 3 is 2.61 bits per heavy atom. The molecule has 0 saturated heterocycles. The third kappa shape index (κ3) is 6.40. The van der Waals surface area contributed by atoms with Crippen LogP contribution in [0, 0.1) is 0 Å². The Balaban J connectivity index is 1.51. The third-order valence-corrected chi connectivity index (χ3v) is 6.10. The van der Waals surface area contributed by atoms with E-state index in [1.807, 2.05) is 31.3 Å². The number of unbranched alkanes of at least 4 members (excludes halogenated alkanes) is 1. The van der Waals surface area contributed by atoms with Gasteiger partial charge < -0.3 is 32.0 Å². The molecule has 38 heavy (non-hydrogen) atoms. The largest absolute Gasteiger partial charge is 0.364 e. The van der Waals surface area contributed by atoms with Crippen LogP contribution in [-0.4, -0.2) is 64.3 Å². The van der Waals surface area contributed by atoms with Crippen LogP contribution in [0.25, 0.3) is 22.6 Å². The molecule has 2 aromatic carbocycles. The normalized spacial score (nSPS) is 12.0. The number of likely N-dealkylation sites (N-methyl/N-ethyl adjacent to an activating group) is 1. The second kappa shape index (κ2) is 12.9. The van der Waals surface area contributed by atoms with Crippen LogP contribution in [0.2, 0.25) is 0 Å². The van der Waals surface area contributed by atoms with Crippen LogP contribution in [-0.2, 0) is 11.3 Å². The van der Waals surface area contributed by atoms with E-state index in [1.54, 1.807) is 28.8 Å². The molecule has 4 rings (SSSR count). The number of rotatable bonds is 14. The van der Waals surface area contributed by atoms with Gasteiger partial charge in [0.25, 0.3) is 0 Å². The number of nitrogens with one attached hydrogen (secondary N) is 3. The van der Waals surface area contributed by atoms with Crippen LogP contribution in [0.4, 0.5) is 11.5 Å². The predicted octanol–water partition coefficient (Wildman–Crippen LogP) is 2.00. The zero-order valence-electron chi connectivity index (χ0n) is 21.3. The zero-order chi connectivity index (χ0) is 26.9. The number of amides is 1. The summed E-state index contributed by atoms with van der Waals surface area (Å²) in [5, 5.41) is 17.1. The van der Waals surface area contributed by atoms with Crippen molar-refractivity contribution in [1.29, 1.82) is 0 Å². The Hall–Kier alpha value is -4.13. The Kier molecular flexibility index (Phi) is 9.14. The number of nitrogens with two attached hydrogens (primary N) is 2. The minimum Gasteiger partial charge on any atom is -0.364 e. The van der Waals surface area contributed by atoms with E-state index < -0.39 is 6.04 Å². The maximum Gasteiger partial charge on any atom is 0.241 e. The molecule has 12 heteroatoms. The fraction of sp³-hybridized carbons (Fsp3) is 0.346. The number of imidazole rings is 1. The summed E-state index contributed by atoms with van der Waals surface area (Å²) in [6.07, 6.45) is 2.18. The van der Waals surface area contributed by atoms with Crippen molar-refractivity contribution in [3.8, 4) is 11.5 Å². The fourth-order valence-corrected chi connectivity index (χ4v) is 4.02. The lowest BCUT2D eigenvalue weighted by molar-refractivity contribution is -0.117. The average molecular weight is 520 g/mol. The van der Waals surface area contributed by atoms with Crippen molar-refractivity contribution in [2.45, 2.75) is 31.8 Å². The number of benzene rings is 2. The highest BCUT2D eigenvalue weighted by atomic mass is 16.6. The number of ketones is 1. The molecule has 0 spiro atoms. The van der Waals surface area contributed by atoms with Gasteiger partial charge in [-0.2, -0.15) is 0 Å². The molecule has 2 heterocycles. The number of para-hydroxylation sites is 2. The molecule has 4 aromatic rings. The maximum atomic E-state index is 13.3. The van der Waals surface area contributed by atoms with Crippen molar-refractivity contribution in [3.63, 3.8) is 0 Å². The van der Waals surface area contributed by atoms with Crippen molar-refractivity contribution in [2.24, 2.45) is 11.5 Å². The van der Waals surface area contributed by atoms with Gasteiger partial charge in [-0.3, -0.25) is 9.59 Å². The summed E-state index contributed by atoms with van der Waals surface area (Å²) in [4.78, 5) is 30.4. The minimum absolute atomic E-state index is 0.0242. The topological polar surface area (TPSA) is 179 Å². The molecule has 0 radical (unpaired) electrons. The standard InChI is InChI=1S/C26H33N9O3/c1-29-14-15-30-24-23(33-38-34-24)25-32-20-7-2-3-8-21(20)35(25)16-22(36)17-9-11-18(12-10-17)31-26(37)19(28)6-4-5-13-27/h2-3,7-12,19,29H,4-6,13-16,27-28H2,1H3,(H,30,34)(H,31,37)/t19-/m0/s1. The first-order valence-electron chi connectivity index (χ1n) is 12.6. The van der Waals surface area contributed by atoms with Gasteiger partial charge in [0, 0.05) is 24.3 Å². The predicted molar refractivity (Wildman–Crippen MR) is 146 cm³/mol. The second-order valence-corrected chi connectivity index (χ2v) is 8.88. The van der Waals surface area contributed by atoms with E-state index in [0.717, 1.165) is 30.4 Å². The fourth-order valence-electron chi connectivity index (χ4n) is 4.02. The summed E-state index contributed by atoms with van der Waals surface area (Å²) in [5.41, 5.74) is 14.4. The van der Waals surface area contributed by atoms with E-state index in [-0.39, 0.29) is 18.2 Å². The summed E-state index contributed by atoms with van der Waals surface area (Å²) < 4.78 is 6.79. The van der Waals surface area contributed by atoms with Gasteiger partial charge in [-0.25, -0.2) is 9.61 Å². The van der Waals surface area contributed by atoms with E-state index in [1.165, 1.54) is 0 Å². The molecule has 0 aliphatic heterocycles. The molecule has 0 aliphatic rings. The summed E-state index contributed by atoms with van der Waals surface area (Å²) in [6.45, 7) is 1.93. The Labute approximate surface area is 220 Å². The Morgan fingerprint density at radius 1 is 1.05 bits per heavy atom. The molecule has 200 valence electrons. The van der Waals surface area contributed by atoms with Gasteiger partial charge in [0.2, 0.25) is 11.7 Å². The number of nitrogens with zero attached hydrogens (tertiary/aromatic N) is 4. The molecule has 12 nitrogen and oxygen atoms in total. The number of carbonyl (C=O) groups excluding carboxylic acids is 2. The number of anilines is 2. The molecule has 0 fully saturated rings. The first-order valence-corrected chi connectivity index (χ1v) is 12.6. The Bertz CT molecular complexity index is 1360. The van der Waals surface area contributed by atoms with Gasteiger partial charge in [-0.15, -0.1) is 0 Å². The molecule has 1 amide bonds. The summed E-state index contributed by atoms with van der Waals surface area (Å²) in [6, 6.07) is 13.7. The lowest BCUT2D eigenvalue weighted by atomic mass is 10.1. The average Bonchev–Trinajstić information content (AvgIpc) is 3.53. The summed E-state index contributed by atoms with van der Waals surface area (Å²) in [7, 11) is 1.86. The molecular weight excluding hydrogens is 486 g/mol. The number of aromatic nitrogens is 4. The minimum atomic E-state index is -0.612. The smallest absolute Gasteiger partial charge is 0.241 e. The SMILES string of the molecule is CNCCNc1nonc1-c1nc2ccccc2n1CC(=O)c1ccc(NC(=O)[C@@H](N)CCCCN)cc1. The second-order valence-electron chi connectivity index (χ2n) is 8.88. The van der Waals surface area contributed by atoms with Gasteiger partial charge in [-0.05, 0) is 73.1 Å². The van der Waals surface area contributed by atoms with Crippen molar-refractivity contribution >= 4 is 34.2 Å². The van der Waals surface area contributed by atoms with Crippen molar-refractivity contribution in [1.82, 2.24) is 25.2 Å². The zero-order valence-corrected chi connectivity index (χ0v) is 21.3. The molecule has 0 aliphatic carbocycles. The van der Waals surface area contributed by atoms with Crippen molar-refractivity contribution < 1.29 is 14.2 Å². The molecule has 0 unspecified atom stereocenters. The van der Waals surface area contributed by atoms with Gasteiger partial charge in [0.15, 0.2) is 17.3 Å². The van der Waals surface area contributed by atoms with E-state index in [9.17, 15) is 9.59 Å². The Morgan fingerprint density at radius 2 is 1.84 bits per heavy atom. The lowest BCUT2D eigenvalue weighted by Gasteiger charge is -2.12. The van der Waals surface area contributed by atoms with Gasteiger partial charge in [0.1, 0.15) is 0 Å². The van der Waals surface area contributed by atoms with Crippen LogP contribution < -0.4 is 27.4 Å². The van der Waals surface area contributed by atoms with Gasteiger partial charge in [0.05, 0.1) is 23.6 Å². The number of hydrogen-bond acceptors (Lipinski definition) is 10.